The van der Waals surface area contributed by atoms with Gasteiger partial charge in [-0.15, -0.1) is 0 Å². The summed E-state index contributed by atoms with van der Waals surface area (Å²) in [5.74, 6) is 0.261. The molecule has 2 N–H and O–H groups in total. The van der Waals surface area contributed by atoms with Gasteiger partial charge in [0, 0.05) is 0 Å². The molecule has 0 heterocycles. The molecule has 2 rings (SSSR count). The van der Waals surface area contributed by atoms with Crippen molar-refractivity contribution in [2.24, 2.45) is 0 Å². The monoisotopic (exact) mass is 372 g/mol. The van der Waals surface area contributed by atoms with Gasteiger partial charge in [-0.3, -0.25) is 4.72 Å². The molecule has 0 unspecified atom stereocenters. The maximum atomic E-state index is 12.5. The van der Waals surface area contributed by atoms with E-state index in [-0.39, 0.29) is 22.2 Å². The Kier molecular flexibility index (Phi) is 5.62. The molecule has 0 bridgehead atoms. The van der Waals surface area contributed by atoms with Crippen molar-refractivity contribution < 1.29 is 21.6 Å². The number of halogens is 3. The fourth-order valence-electron chi connectivity index (χ4n) is 2.16. The topological polar surface area (TPSA) is 58.2 Å². The highest BCUT2D eigenvalue weighted by Gasteiger charge is 2.27. The van der Waals surface area contributed by atoms with Gasteiger partial charge in [-0.25, -0.2) is 8.42 Å². The van der Waals surface area contributed by atoms with E-state index >= 15 is 0 Å². The predicted octanol–water partition coefficient (Wildman–Crippen LogP) is 4.59. The van der Waals surface area contributed by atoms with Crippen molar-refractivity contribution in [3.63, 3.8) is 0 Å². The molecule has 0 amide bonds. The van der Waals surface area contributed by atoms with Gasteiger partial charge in [-0.2, -0.15) is 13.2 Å². The summed E-state index contributed by atoms with van der Waals surface area (Å²) in [6, 6.07) is 12.2. The second kappa shape index (κ2) is 7.35. The summed E-state index contributed by atoms with van der Waals surface area (Å²) < 4.78 is 64.4. The third-order valence-corrected chi connectivity index (χ3v) is 4.89. The van der Waals surface area contributed by atoms with Gasteiger partial charge in [-0.1, -0.05) is 38.1 Å². The lowest BCUT2D eigenvalue weighted by Gasteiger charge is -2.15. The van der Waals surface area contributed by atoms with E-state index in [0.29, 0.717) is 0 Å². The summed E-state index contributed by atoms with van der Waals surface area (Å²) in [7, 11) is -3.90. The van der Waals surface area contributed by atoms with E-state index in [1.807, 2.05) is 13.8 Å². The van der Waals surface area contributed by atoms with Crippen molar-refractivity contribution in [2.45, 2.75) is 30.8 Å². The van der Waals surface area contributed by atoms with Crippen molar-refractivity contribution in [1.82, 2.24) is 0 Å². The van der Waals surface area contributed by atoms with E-state index in [9.17, 15) is 21.6 Å². The number of hydrogen-bond acceptors (Lipinski definition) is 3. The second-order valence-electron chi connectivity index (χ2n) is 5.84. The van der Waals surface area contributed by atoms with Gasteiger partial charge < -0.3 is 5.32 Å². The average Bonchev–Trinajstić information content (AvgIpc) is 2.53. The van der Waals surface area contributed by atoms with Gasteiger partial charge in [0.15, 0.2) is 0 Å². The smallest absolute Gasteiger partial charge is 0.375 e. The molecule has 2 aromatic rings. The van der Waals surface area contributed by atoms with Crippen LogP contribution in [0.3, 0.4) is 0 Å². The molecular formula is C17H19F3N2O2S. The fourth-order valence-corrected chi connectivity index (χ4v) is 3.24. The van der Waals surface area contributed by atoms with Crippen LogP contribution in [0.25, 0.3) is 0 Å². The Morgan fingerprint density at radius 2 is 1.52 bits per heavy atom. The standard InChI is InChI=1S/C17H19F3N2O2S/c1-12(2)13-7-9-14(10-8-13)25(23,24)22-16-6-4-3-5-15(16)21-11-17(18,19)20/h3-10,12,21-22H,11H2,1-2H3. The van der Waals surface area contributed by atoms with Crippen LogP contribution < -0.4 is 10.0 Å². The van der Waals surface area contributed by atoms with Gasteiger partial charge >= 0.3 is 6.18 Å². The minimum Gasteiger partial charge on any atom is -0.375 e. The van der Waals surface area contributed by atoms with Crippen molar-refractivity contribution in [3.8, 4) is 0 Å². The zero-order chi connectivity index (χ0) is 18.7. The summed E-state index contributed by atoms with van der Waals surface area (Å²) in [6.45, 7) is 2.73. The Morgan fingerprint density at radius 1 is 0.960 bits per heavy atom. The zero-order valence-electron chi connectivity index (χ0n) is 13.8. The molecule has 25 heavy (non-hydrogen) atoms. The van der Waals surface area contributed by atoms with Crippen molar-refractivity contribution in [3.05, 3.63) is 54.1 Å². The van der Waals surface area contributed by atoms with E-state index in [1.165, 1.54) is 30.3 Å². The number of alkyl halides is 3. The average molecular weight is 372 g/mol. The minimum atomic E-state index is -4.40. The first-order valence-electron chi connectivity index (χ1n) is 7.61. The van der Waals surface area contributed by atoms with Gasteiger partial charge in [-0.05, 0) is 35.7 Å². The van der Waals surface area contributed by atoms with Crippen LogP contribution in [-0.4, -0.2) is 21.1 Å². The highest BCUT2D eigenvalue weighted by atomic mass is 32.2. The normalized spacial score (nSPS) is 12.2. The molecule has 0 aliphatic heterocycles. The Balaban J connectivity index is 2.23. The number of benzene rings is 2. The Bertz CT molecular complexity index is 817. The molecule has 0 aromatic heterocycles. The van der Waals surface area contributed by atoms with Gasteiger partial charge in [0.2, 0.25) is 0 Å². The summed E-state index contributed by atoms with van der Waals surface area (Å²) in [4.78, 5) is 0.0440. The highest BCUT2D eigenvalue weighted by Crippen LogP contribution is 2.26. The third-order valence-electron chi connectivity index (χ3n) is 3.51. The quantitative estimate of drug-likeness (QED) is 0.780. The summed E-state index contributed by atoms with van der Waals surface area (Å²) in [5.41, 5.74) is 1.10. The lowest BCUT2D eigenvalue weighted by Crippen LogP contribution is -2.22. The fraction of sp³-hybridized carbons (Fsp3) is 0.294. The van der Waals surface area contributed by atoms with Crippen LogP contribution in [0.15, 0.2) is 53.4 Å². The van der Waals surface area contributed by atoms with Gasteiger partial charge in [0.05, 0.1) is 16.3 Å². The van der Waals surface area contributed by atoms with Crippen LogP contribution in [-0.2, 0) is 10.0 Å². The molecule has 0 atom stereocenters. The molecule has 136 valence electrons. The van der Waals surface area contributed by atoms with Crippen LogP contribution in [0, 0.1) is 0 Å². The predicted molar refractivity (Wildman–Crippen MR) is 92.3 cm³/mol. The molecule has 0 saturated carbocycles. The molecule has 8 heteroatoms. The second-order valence-corrected chi connectivity index (χ2v) is 7.53. The molecule has 0 aliphatic carbocycles. The van der Waals surface area contributed by atoms with Crippen molar-refractivity contribution in [1.29, 1.82) is 0 Å². The number of anilines is 2. The first-order valence-corrected chi connectivity index (χ1v) is 9.09. The van der Waals surface area contributed by atoms with E-state index in [2.05, 4.69) is 10.0 Å². The van der Waals surface area contributed by atoms with Crippen LogP contribution >= 0.6 is 0 Å². The third kappa shape index (κ3) is 5.38. The zero-order valence-corrected chi connectivity index (χ0v) is 14.6. The van der Waals surface area contributed by atoms with E-state index < -0.39 is 22.7 Å². The first kappa shape index (κ1) is 19.1. The summed E-state index contributed by atoms with van der Waals surface area (Å²) in [6.07, 6.45) is -4.40. The minimum absolute atomic E-state index is 0.0440. The molecule has 0 radical (unpaired) electrons. The highest BCUT2D eigenvalue weighted by molar-refractivity contribution is 7.92. The van der Waals surface area contributed by atoms with E-state index in [4.69, 9.17) is 0 Å². The van der Waals surface area contributed by atoms with Gasteiger partial charge in [0.1, 0.15) is 6.54 Å². The SMILES string of the molecule is CC(C)c1ccc(S(=O)(=O)Nc2ccccc2NCC(F)(F)F)cc1. The molecule has 2 aromatic carbocycles. The Hall–Kier alpha value is -2.22. The maximum absolute atomic E-state index is 12.5. The van der Waals surface area contributed by atoms with E-state index in [0.717, 1.165) is 5.56 Å². The van der Waals surface area contributed by atoms with Crippen LogP contribution in [0.2, 0.25) is 0 Å². The lowest BCUT2D eigenvalue weighted by molar-refractivity contribution is -0.115. The van der Waals surface area contributed by atoms with E-state index in [1.54, 1.807) is 18.2 Å². The largest absolute Gasteiger partial charge is 0.405 e. The Morgan fingerprint density at radius 3 is 2.04 bits per heavy atom. The lowest BCUT2D eigenvalue weighted by atomic mass is 10.0. The molecule has 4 nitrogen and oxygen atoms in total. The van der Waals surface area contributed by atoms with Crippen LogP contribution in [0.1, 0.15) is 25.3 Å². The number of sulfonamides is 1. The number of hydrogen-bond donors (Lipinski definition) is 2. The number of nitrogens with one attached hydrogen (secondary N) is 2. The summed E-state index contributed by atoms with van der Waals surface area (Å²) in [5, 5.41) is 2.20. The van der Waals surface area contributed by atoms with Crippen molar-refractivity contribution in [2.75, 3.05) is 16.6 Å². The molecular weight excluding hydrogens is 353 g/mol. The summed E-state index contributed by atoms with van der Waals surface area (Å²) >= 11 is 0. The van der Waals surface area contributed by atoms with Crippen molar-refractivity contribution >= 4 is 21.4 Å². The molecule has 0 saturated heterocycles. The number of rotatable bonds is 6. The molecule has 0 fully saturated rings. The maximum Gasteiger partial charge on any atom is 0.405 e. The molecule has 0 aliphatic rings. The van der Waals surface area contributed by atoms with Crippen LogP contribution in [0.5, 0.6) is 0 Å². The Labute approximate surface area is 145 Å². The number of para-hydroxylation sites is 2. The first-order chi connectivity index (χ1) is 11.6. The van der Waals surface area contributed by atoms with Crippen LogP contribution in [0.4, 0.5) is 24.5 Å². The van der Waals surface area contributed by atoms with Gasteiger partial charge in [0.25, 0.3) is 10.0 Å². The molecule has 0 spiro atoms.